The molecule has 1 aromatic rings. The van der Waals surface area contributed by atoms with Crippen LogP contribution < -0.4 is 0 Å². The van der Waals surface area contributed by atoms with E-state index < -0.39 is 12.4 Å². The molecule has 11 heavy (non-hydrogen) atoms. The van der Waals surface area contributed by atoms with E-state index >= 15 is 0 Å². The van der Waals surface area contributed by atoms with Gasteiger partial charge >= 0.3 is 0 Å². The lowest BCUT2D eigenvalue weighted by Crippen LogP contribution is -1.47. The van der Waals surface area contributed by atoms with Gasteiger partial charge in [0.05, 0.1) is 0 Å². The molecule has 60 valence electrons. The molecule has 0 spiro atoms. The van der Waals surface area contributed by atoms with Crippen molar-refractivity contribution in [1.29, 1.82) is 0 Å². The van der Waals surface area contributed by atoms with Gasteiger partial charge in [-0.15, -0.1) is 0 Å². The van der Waals surface area contributed by atoms with Crippen LogP contribution in [0.15, 0.2) is 48.8 Å². The van der Waals surface area contributed by atoms with Gasteiger partial charge in [-0.05, 0) is 0 Å². The van der Waals surface area contributed by atoms with Crippen LogP contribution in [0.3, 0.4) is 0 Å². The second-order valence-electron chi connectivity index (χ2n) is 1.55. The van der Waals surface area contributed by atoms with E-state index in [1.807, 2.05) is 36.4 Å². The third-order valence-electron chi connectivity index (χ3n) is 0.749. The van der Waals surface area contributed by atoms with Crippen molar-refractivity contribution in [1.82, 2.24) is 0 Å². The lowest BCUT2D eigenvalue weighted by molar-refractivity contribution is 0.400. The van der Waals surface area contributed by atoms with Gasteiger partial charge in [-0.2, -0.15) is 8.78 Å². The van der Waals surface area contributed by atoms with Gasteiger partial charge in [0.25, 0.3) is 6.08 Å². The first-order chi connectivity index (χ1) is 5.27. The highest BCUT2D eigenvalue weighted by Crippen LogP contribution is 1.93. The molecule has 3 heteroatoms. The van der Waals surface area contributed by atoms with E-state index in [-0.39, 0.29) is 0 Å². The van der Waals surface area contributed by atoms with E-state index in [0.717, 1.165) is 0 Å². The topological polar surface area (TPSA) is 0 Å². The number of hydrogen-bond acceptors (Lipinski definition) is 0. The molecule has 0 bridgehead atoms. The minimum absolute atomic E-state index is 0.750. The summed E-state index contributed by atoms with van der Waals surface area (Å²) >= 11 is 0. The van der Waals surface area contributed by atoms with Crippen LogP contribution in [-0.4, -0.2) is 0 Å². The first-order valence-electron chi connectivity index (χ1n) is 2.88. The Kier molecular flexibility index (Phi) is 6.08. The Morgan fingerprint density at radius 2 is 1.00 bits per heavy atom. The van der Waals surface area contributed by atoms with Gasteiger partial charge in [-0.3, -0.25) is 0 Å². The highest BCUT2D eigenvalue weighted by atomic mass is 19.3. The SMILES string of the molecule is FC=C(F)F.c1ccccc1. The summed E-state index contributed by atoms with van der Waals surface area (Å²) in [5, 5.41) is 0. The van der Waals surface area contributed by atoms with Gasteiger partial charge in [0.2, 0.25) is 0 Å². The van der Waals surface area contributed by atoms with Crippen LogP contribution in [0.25, 0.3) is 0 Å². The molecule has 0 heterocycles. The van der Waals surface area contributed by atoms with Gasteiger partial charge in [-0.25, -0.2) is 4.39 Å². The maximum Gasteiger partial charge on any atom is 0.298 e. The minimum Gasteiger partial charge on any atom is -0.210 e. The molecule has 0 saturated carbocycles. The molecule has 1 aromatic carbocycles. The van der Waals surface area contributed by atoms with E-state index in [2.05, 4.69) is 0 Å². The lowest BCUT2D eigenvalue weighted by Gasteiger charge is -1.69. The highest BCUT2D eigenvalue weighted by Gasteiger charge is 1.78. The van der Waals surface area contributed by atoms with Crippen molar-refractivity contribution in [2.45, 2.75) is 0 Å². The van der Waals surface area contributed by atoms with Gasteiger partial charge in [0, 0.05) is 0 Å². The molecular formula is C8H7F3. The van der Waals surface area contributed by atoms with Crippen molar-refractivity contribution in [3.05, 3.63) is 48.8 Å². The molecule has 1 rings (SSSR count). The van der Waals surface area contributed by atoms with Gasteiger partial charge in [0.15, 0.2) is 6.33 Å². The van der Waals surface area contributed by atoms with E-state index in [1.165, 1.54) is 0 Å². The van der Waals surface area contributed by atoms with Gasteiger partial charge in [0.1, 0.15) is 0 Å². The van der Waals surface area contributed by atoms with E-state index in [0.29, 0.717) is 0 Å². The number of rotatable bonds is 0. The van der Waals surface area contributed by atoms with E-state index in [4.69, 9.17) is 0 Å². The first-order valence-corrected chi connectivity index (χ1v) is 2.88. The van der Waals surface area contributed by atoms with Crippen LogP contribution in [-0.2, 0) is 0 Å². The van der Waals surface area contributed by atoms with E-state index in [9.17, 15) is 13.2 Å². The Morgan fingerprint density at radius 1 is 0.818 bits per heavy atom. The molecule has 0 fully saturated rings. The Hall–Kier alpha value is -1.25. The van der Waals surface area contributed by atoms with Crippen molar-refractivity contribution in [2.75, 3.05) is 0 Å². The molecule has 0 aliphatic heterocycles. The second-order valence-corrected chi connectivity index (χ2v) is 1.55. The van der Waals surface area contributed by atoms with Gasteiger partial charge < -0.3 is 0 Å². The van der Waals surface area contributed by atoms with Crippen molar-refractivity contribution in [3.8, 4) is 0 Å². The zero-order valence-corrected chi connectivity index (χ0v) is 5.68. The van der Waals surface area contributed by atoms with Crippen LogP contribution in [0.5, 0.6) is 0 Å². The third-order valence-corrected chi connectivity index (χ3v) is 0.749. The summed E-state index contributed by atoms with van der Waals surface area (Å²) in [6.45, 7) is 0. The molecule has 0 atom stereocenters. The van der Waals surface area contributed by atoms with Crippen LogP contribution in [0.4, 0.5) is 13.2 Å². The van der Waals surface area contributed by atoms with Crippen LogP contribution in [0.2, 0.25) is 0 Å². The largest absolute Gasteiger partial charge is 0.298 e. The zero-order chi connectivity index (χ0) is 8.53. The monoisotopic (exact) mass is 160 g/mol. The standard InChI is InChI=1S/C6H6.C2HF3/c1-2-4-6-5-3-1;3-1-2(4)5/h1-6H;1H. The summed E-state index contributed by atoms with van der Waals surface area (Å²) in [7, 11) is 0. The number of benzene rings is 1. The smallest absolute Gasteiger partial charge is 0.210 e. The fourth-order valence-corrected chi connectivity index (χ4v) is 0.385. The number of halogens is 3. The summed E-state index contributed by atoms with van der Waals surface area (Å²) in [5.41, 5.74) is 0. The van der Waals surface area contributed by atoms with Crippen molar-refractivity contribution < 1.29 is 13.2 Å². The lowest BCUT2D eigenvalue weighted by atomic mass is 10.4. The summed E-state index contributed by atoms with van der Waals surface area (Å²) in [4.78, 5) is 0. The first kappa shape index (κ1) is 9.75. The molecule has 0 aliphatic carbocycles. The van der Waals surface area contributed by atoms with Crippen LogP contribution in [0, 0.1) is 0 Å². The molecule has 0 N–H and O–H groups in total. The molecule has 0 aromatic heterocycles. The number of hydrogen-bond donors (Lipinski definition) is 0. The van der Waals surface area contributed by atoms with Crippen molar-refractivity contribution in [2.24, 2.45) is 0 Å². The predicted molar refractivity (Wildman–Crippen MR) is 37.8 cm³/mol. The molecule has 0 saturated heterocycles. The van der Waals surface area contributed by atoms with Crippen molar-refractivity contribution >= 4 is 0 Å². The maximum absolute atomic E-state index is 10.2. The van der Waals surface area contributed by atoms with Gasteiger partial charge in [-0.1, -0.05) is 36.4 Å². The summed E-state index contributed by atoms with van der Waals surface area (Å²) in [5.74, 6) is 0. The van der Waals surface area contributed by atoms with Crippen LogP contribution in [0.1, 0.15) is 0 Å². The quantitative estimate of drug-likeness (QED) is 0.545. The molecule has 0 aliphatic rings. The van der Waals surface area contributed by atoms with E-state index in [1.54, 1.807) is 0 Å². The molecule has 0 nitrogen and oxygen atoms in total. The highest BCUT2D eigenvalue weighted by molar-refractivity contribution is 4.99. The van der Waals surface area contributed by atoms with Crippen molar-refractivity contribution in [3.63, 3.8) is 0 Å². The Balaban J connectivity index is 0.000000187. The normalized spacial score (nSPS) is 7.55. The minimum atomic E-state index is -2.29. The average Bonchev–Trinajstić information content (AvgIpc) is 2.09. The molecular weight excluding hydrogens is 153 g/mol. The summed E-state index contributed by atoms with van der Waals surface area (Å²) in [6.07, 6.45) is -3.04. The summed E-state index contributed by atoms with van der Waals surface area (Å²) < 4.78 is 30.7. The Morgan fingerprint density at radius 3 is 1.09 bits per heavy atom. The molecule has 0 amide bonds. The fourth-order valence-electron chi connectivity index (χ4n) is 0.385. The summed E-state index contributed by atoms with van der Waals surface area (Å²) in [6, 6.07) is 12.0. The molecule has 0 radical (unpaired) electrons. The average molecular weight is 160 g/mol. The molecule has 0 unspecified atom stereocenters. The third kappa shape index (κ3) is 8.75. The van der Waals surface area contributed by atoms with Crippen LogP contribution >= 0.6 is 0 Å². The Bertz CT molecular complexity index is 163. The zero-order valence-electron chi connectivity index (χ0n) is 5.68. The maximum atomic E-state index is 10.2. The fraction of sp³-hybridized carbons (Fsp3) is 0. The Labute approximate surface area is 63.0 Å². The predicted octanol–water partition coefficient (Wildman–Crippen LogP) is 3.38. The second kappa shape index (κ2) is 6.86.